The first-order valence-corrected chi connectivity index (χ1v) is 8.93. The summed E-state index contributed by atoms with van der Waals surface area (Å²) < 4.78 is 13.3. The van der Waals surface area contributed by atoms with Gasteiger partial charge < -0.3 is 9.80 Å². The third-order valence-corrected chi connectivity index (χ3v) is 4.99. The fraction of sp³-hybridized carbons (Fsp3) is 0.381. The zero-order chi connectivity index (χ0) is 18.7. The molecule has 0 spiro atoms. The van der Waals surface area contributed by atoms with Crippen molar-refractivity contribution in [1.29, 1.82) is 0 Å². The van der Waals surface area contributed by atoms with Crippen LogP contribution in [0.15, 0.2) is 54.6 Å². The molecule has 4 nitrogen and oxygen atoms in total. The van der Waals surface area contributed by atoms with Crippen molar-refractivity contribution < 1.29 is 9.18 Å². The molecule has 26 heavy (non-hydrogen) atoms. The van der Waals surface area contributed by atoms with E-state index in [0.29, 0.717) is 6.54 Å². The Morgan fingerprint density at radius 2 is 1.73 bits per heavy atom. The van der Waals surface area contributed by atoms with Gasteiger partial charge in [0.05, 0.1) is 6.04 Å². The van der Waals surface area contributed by atoms with Crippen molar-refractivity contribution in [2.24, 2.45) is 0 Å². The molecule has 2 aromatic rings. The molecule has 0 radical (unpaired) electrons. The predicted octanol–water partition coefficient (Wildman–Crippen LogP) is 2.94. The molecular formula is C21H26FN3O. The summed E-state index contributed by atoms with van der Waals surface area (Å²) in [5, 5.41) is 0. The maximum Gasteiger partial charge on any atom is 0.245 e. The van der Waals surface area contributed by atoms with Crippen LogP contribution in [-0.4, -0.2) is 61.4 Å². The normalized spacial score (nSPS) is 19.6. The average molecular weight is 355 g/mol. The van der Waals surface area contributed by atoms with E-state index in [0.717, 1.165) is 24.2 Å². The van der Waals surface area contributed by atoms with Gasteiger partial charge in [-0.05, 0) is 44.4 Å². The third-order valence-electron chi connectivity index (χ3n) is 4.99. The summed E-state index contributed by atoms with van der Waals surface area (Å²) in [4.78, 5) is 19.6. The number of amides is 1. The first kappa shape index (κ1) is 18.5. The molecule has 1 amide bonds. The Balaban J connectivity index is 1.92. The first-order valence-electron chi connectivity index (χ1n) is 8.93. The van der Waals surface area contributed by atoms with Gasteiger partial charge in [0, 0.05) is 19.6 Å². The van der Waals surface area contributed by atoms with Crippen LogP contribution in [0.4, 0.5) is 4.39 Å². The Bertz CT molecular complexity index is 733. The van der Waals surface area contributed by atoms with Crippen LogP contribution in [0.3, 0.4) is 0 Å². The van der Waals surface area contributed by atoms with Crippen LogP contribution < -0.4 is 0 Å². The summed E-state index contributed by atoms with van der Waals surface area (Å²) in [7, 11) is 5.86. The lowest BCUT2D eigenvalue weighted by atomic mass is 9.98. The minimum absolute atomic E-state index is 0.0188. The fourth-order valence-electron chi connectivity index (χ4n) is 3.61. The molecule has 0 saturated carbocycles. The predicted molar refractivity (Wildman–Crippen MR) is 101 cm³/mol. The first-order chi connectivity index (χ1) is 12.5. The number of hydrogen-bond donors (Lipinski definition) is 0. The van der Waals surface area contributed by atoms with Crippen molar-refractivity contribution in [3.05, 3.63) is 71.5 Å². The molecule has 2 atom stereocenters. The Morgan fingerprint density at radius 3 is 2.35 bits per heavy atom. The van der Waals surface area contributed by atoms with Crippen molar-refractivity contribution in [1.82, 2.24) is 14.7 Å². The zero-order valence-corrected chi connectivity index (χ0v) is 15.6. The lowest BCUT2D eigenvalue weighted by molar-refractivity contribution is -0.141. The summed E-state index contributed by atoms with van der Waals surface area (Å²) in [6.45, 7) is 2.33. The number of piperazine rings is 1. The topological polar surface area (TPSA) is 26.8 Å². The highest BCUT2D eigenvalue weighted by molar-refractivity contribution is 5.84. The van der Waals surface area contributed by atoms with Crippen LogP contribution >= 0.6 is 0 Å². The monoisotopic (exact) mass is 355 g/mol. The van der Waals surface area contributed by atoms with Gasteiger partial charge in [-0.25, -0.2) is 4.39 Å². The van der Waals surface area contributed by atoms with Crippen LogP contribution in [0.5, 0.6) is 0 Å². The van der Waals surface area contributed by atoms with E-state index in [4.69, 9.17) is 0 Å². The van der Waals surface area contributed by atoms with Crippen LogP contribution in [0.2, 0.25) is 0 Å². The largest absolute Gasteiger partial charge is 0.331 e. The van der Waals surface area contributed by atoms with Crippen molar-refractivity contribution in [3.8, 4) is 0 Å². The minimum Gasteiger partial charge on any atom is -0.331 e. The summed E-state index contributed by atoms with van der Waals surface area (Å²) in [5.41, 5.74) is 1.95. The van der Waals surface area contributed by atoms with Gasteiger partial charge in [-0.15, -0.1) is 0 Å². The molecular weight excluding hydrogens is 329 g/mol. The molecule has 0 bridgehead atoms. The van der Waals surface area contributed by atoms with Gasteiger partial charge >= 0.3 is 0 Å². The van der Waals surface area contributed by atoms with Gasteiger partial charge in [0.2, 0.25) is 5.91 Å². The Morgan fingerprint density at radius 1 is 1.08 bits per heavy atom. The van der Waals surface area contributed by atoms with Gasteiger partial charge in [0.25, 0.3) is 0 Å². The molecule has 5 heteroatoms. The zero-order valence-electron chi connectivity index (χ0n) is 15.6. The summed E-state index contributed by atoms with van der Waals surface area (Å²) >= 11 is 0. The van der Waals surface area contributed by atoms with Gasteiger partial charge in [0.1, 0.15) is 11.9 Å². The molecule has 0 N–H and O–H groups in total. The molecule has 0 aromatic heterocycles. The fourth-order valence-corrected chi connectivity index (χ4v) is 3.61. The second-order valence-corrected chi connectivity index (χ2v) is 7.14. The SMILES string of the molecule is CN1CCN(C(=O)[C@H](c2ccc(F)cc2)N(C)C)[C@H](c2ccccc2)C1. The molecule has 1 saturated heterocycles. The molecule has 0 unspecified atom stereocenters. The number of rotatable bonds is 4. The Labute approximate surface area is 154 Å². The maximum absolute atomic E-state index is 13.5. The number of hydrogen-bond acceptors (Lipinski definition) is 3. The van der Waals surface area contributed by atoms with Crippen LogP contribution in [0, 0.1) is 5.82 Å². The van der Waals surface area contributed by atoms with Crippen LogP contribution in [0.1, 0.15) is 23.2 Å². The van der Waals surface area contributed by atoms with E-state index in [1.54, 1.807) is 12.1 Å². The number of carbonyl (C=O) groups excluding carboxylic acids is 1. The summed E-state index contributed by atoms with van der Waals surface area (Å²) in [5.74, 6) is -0.232. The van der Waals surface area contributed by atoms with E-state index in [1.807, 2.05) is 42.1 Å². The van der Waals surface area contributed by atoms with E-state index >= 15 is 0 Å². The highest BCUT2D eigenvalue weighted by atomic mass is 19.1. The number of likely N-dealkylation sites (N-methyl/N-ethyl adjacent to an activating group) is 2. The van der Waals surface area contributed by atoms with E-state index < -0.39 is 6.04 Å². The third kappa shape index (κ3) is 3.94. The van der Waals surface area contributed by atoms with Crippen molar-refractivity contribution in [2.45, 2.75) is 12.1 Å². The Hall–Kier alpha value is -2.24. The summed E-state index contributed by atoms with van der Waals surface area (Å²) in [6, 6.07) is 16.0. The molecule has 1 aliphatic heterocycles. The lowest BCUT2D eigenvalue weighted by Crippen LogP contribution is -2.52. The number of carbonyl (C=O) groups is 1. The molecule has 3 rings (SSSR count). The van der Waals surface area contributed by atoms with Gasteiger partial charge in [0.15, 0.2) is 0 Å². The molecule has 1 fully saturated rings. The molecule has 0 aliphatic carbocycles. The van der Waals surface area contributed by atoms with Crippen LogP contribution in [0.25, 0.3) is 0 Å². The maximum atomic E-state index is 13.5. The van der Waals surface area contributed by atoms with Gasteiger partial charge in [-0.3, -0.25) is 9.69 Å². The molecule has 1 heterocycles. The van der Waals surface area contributed by atoms with Crippen molar-refractivity contribution >= 4 is 5.91 Å². The second-order valence-electron chi connectivity index (χ2n) is 7.14. The Kier molecular flexibility index (Phi) is 5.69. The van der Waals surface area contributed by atoms with E-state index in [9.17, 15) is 9.18 Å². The number of benzene rings is 2. The second kappa shape index (κ2) is 7.98. The molecule has 1 aliphatic rings. The van der Waals surface area contributed by atoms with Crippen molar-refractivity contribution in [2.75, 3.05) is 40.8 Å². The molecule has 2 aromatic carbocycles. The van der Waals surface area contributed by atoms with Crippen molar-refractivity contribution in [3.63, 3.8) is 0 Å². The quantitative estimate of drug-likeness (QED) is 0.844. The van der Waals surface area contributed by atoms with E-state index in [-0.39, 0.29) is 17.8 Å². The smallest absolute Gasteiger partial charge is 0.245 e. The van der Waals surface area contributed by atoms with Gasteiger partial charge in [-0.2, -0.15) is 0 Å². The highest BCUT2D eigenvalue weighted by Gasteiger charge is 2.35. The summed E-state index contributed by atoms with van der Waals surface area (Å²) in [6.07, 6.45) is 0. The molecule has 138 valence electrons. The number of nitrogens with zero attached hydrogens (tertiary/aromatic N) is 3. The highest BCUT2D eigenvalue weighted by Crippen LogP contribution is 2.30. The standard InChI is InChI=1S/C21H26FN3O/c1-23(2)20(17-9-11-18(22)12-10-17)21(26)25-14-13-24(3)15-19(25)16-7-5-4-6-8-16/h4-12,19-20H,13-15H2,1-3H3/t19-,20-/m0/s1. The van der Waals surface area contributed by atoms with Gasteiger partial charge in [-0.1, -0.05) is 42.5 Å². The number of halogens is 1. The van der Waals surface area contributed by atoms with Crippen LogP contribution in [-0.2, 0) is 4.79 Å². The minimum atomic E-state index is -0.426. The van der Waals surface area contributed by atoms with E-state index in [2.05, 4.69) is 24.1 Å². The lowest BCUT2D eigenvalue weighted by Gasteiger charge is -2.42. The van der Waals surface area contributed by atoms with E-state index in [1.165, 1.54) is 12.1 Å². The average Bonchev–Trinajstić information content (AvgIpc) is 2.64.